The highest BCUT2D eigenvalue weighted by molar-refractivity contribution is 5.75. The fraction of sp³-hybridized carbons (Fsp3) is 0.304. The molecule has 6 heteroatoms. The fourth-order valence-corrected chi connectivity index (χ4v) is 3.80. The van der Waals surface area contributed by atoms with Gasteiger partial charge >= 0.3 is 0 Å². The first-order chi connectivity index (χ1) is 14.1. The molecule has 0 spiro atoms. The first-order valence-electron chi connectivity index (χ1n) is 9.98. The molecule has 0 amide bonds. The summed E-state index contributed by atoms with van der Waals surface area (Å²) in [4.78, 5) is 4.81. The summed E-state index contributed by atoms with van der Waals surface area (Å²) in [5, 5.41) is 8.22. The summed E-state index contributed by atoms with van der Waals surface area (Å²) < 4.78 is 9.48. The molecule has 0 bridgehead atoms. The van der Waals surface area contributed by atoms with Gasteiger partial charge in [0.25, 0.3) is 0 Å². The van der Waals surface area contributed by atoms with Crippen molar-refractivity contribution in [2.24, 2.45) is 0 Å². The Morgan fingerprint density at radius 1 is 1.10 bits per heavy atom. The van der Waals surface area contributed by atoms with Crippen molar-refractivity contribution in [2.75, 3.05) is 7.11 Å². The van der Waals surface area contributed by atoms with Gasteiger partial charge in [-0.1, -0.05) is 12.1 Å². The third kappa shape index (κ3) is 3.63. The molecule has 0 aliphatic carbocycles. The van der Waals surface area contributed by atoms with Crippen molar-refractivity contribution in [1.82, 2.24) is 24.6 Å². The van der Waals surface area contributed by atoms with E-state index in [0.717, 1.165) is 35.0 Å². The Bertz CT molecular complexity index is 1110. The van der Waals surface area contributed by atoms with Crippen LogP contribution >= 0.6 is 0 Å². The van der Waals surface area contributed by atoms with Gasteiger partial charge in [-0.25, -0.2) is 9.67 Å². The minimum absolute atomic E-state index is 0.159. The Morgan fingerprint density at radius 3 is 2.59 bits per heavy atom. The predicted octanol–water partition coefficient (Wildman–Crippen LogP) is 4.41. The second-order valence-electron chi connectivity index (χ2n) is 7.16. The lowest BCUT2D eigenvalue weighted by molar-refractivity contribution is 0.414. The number of hydrogen-bond acceptors (Lipinski definition) is 4. The Balaban J connectivity index is 1.52. The van der Waals surface area contributed by atoms with Crippen LogP contribution in [0.1, 0.15) is 37.0 Å². The van der Waals surface area contributed by atoms with Crippen LogP contribution in [0.2, 0.25) is 0 Å². The molecule has 6 nitrogen and oxygen atoms in total. The maximum Gasteiger partial charge on any atom is 0.123 e. The normalized spacial score (nSPS) is 12.4. The molecule has 0 fully saturated rings. The summed E-state index contributed by atoms with van der Waals surface area (Å²) in [6.07, 6.45) is 1.94. The average Bonchev–Trinajstić information content (AvgIpc) is 3.32. The number of nitrogens with zero attached hydrogens (tertiary/aromatic N) is 4. The number of aryl methyl sites for hydroxylation is 1. The van der Waals surface area contributed by atoms with Crippen molar-refractivity contribution in [2.45, 2.75) is 39.9 Å². The lowest BCUT2D eigenvalue weighted by Crippen LogP contribution is -2.21. The number of fused-ring (bicyclic) bond motifs is 1. The van der Waals surface area contributed by atoms with Crippen LogP contribution in [-0.2, 0) is 13.1 Å². The van der Waals surface area contributed by atoms with Gasteiger partial charge in [0.15, 0.2) is 0 Å². The van der Waals surface area contributed by atoms with Crippen molar-refractivity contribution < 1.29 is 4.74 Å². The largest absolute Gasteiger partial charge is 0.497 e. The van der Waals surface area contributed by atoms with E-state index in [1.54, 1.807) is 7.11 Å². The second kappa shape index (κ2) is 8.09. The monoisotopic (exact) mass is 389 g/mol. The maximum absolute atomic E-state index is 5.25. The van der Waals surface area contributed by atoms with Crippen LogP contribution in [0.4, 0.5) is 0 Å². The van der Waals surface area contributed by atoms with Gasteiger partial charge in [-0.2, -0.15) is 5.10 Å². The van der Waals surface area contributed by atoms with Crippen molar-refractivity contribution in [3.8, 4) is 11.4 Å². The molecule has 29 heavy (non-hydrogen) atoms. The van der Waals surface area contributed by atoms with Crippen LogP contribution in [0.15, 0.2) is 54.7 Å². The van der Waals surface area contributed by atoms with E-state index >= 15 is 0 Å². The highest BCUT2D eigenvalue weighted by atomic mass is 16.5. The minimum atomic E-state index is 0.159. The Hall–Kier alpha value is -3.12. The van der Waals surface area contributed by atoms with Crippen LogP contribution < -0.4 is 10.1 Å². The number of hydrogen-bond donors (Lipinski definition) is 1. The van der Waals surface area contributed by atoms with Crippen molar-refractivity contribution in [1.29, 1.82) is 0 Å². The number of benzene rings is 2. The van der Waals surface area contributed by atoms with E-state index in [9.17, 15) is 0 Å². The van der Waals surface area contributed by atoms with E-state index in [2.05, 4.69) is 54.0 Å². The van der Waals surface area contributed by atoms with Gasteiger partial charge < -0.3 is 14.6 Å². The van der Waals surface area contributed by atoms with Gasteiger partial charge in [0.1, 0.15) is 11.6 Å². The molecule has 0 radical (unpaired) electrons. The first-order valence-corrected chi connectivity index (χ1v) is 9.98. The number of rotatable bonds is 7. The molecule has 0 unspecified atom stereocenters. The molecular formula is C23H27N5O. The van der Waals surface area contributed by atoms with Crippen molar-refractivity contribution in [3.63, 3.8) is 0 Å². The van der Waals surface area contributed by atoms with E-state index in [-0.39, 0.29) is 6.04 Å². The standard InChI is InChI=1S/C23H27N5O/c1-5-27-22-9-7-6-8-21(22)26-23(27)15-24-16(2)20-14-25-28(17(20)3)18-10-12-19(29-4)13-11-18/h6-14,16,24H,5,15H2,1-4H3/t16-/m1/s1. The van der Waals surface area contributed by atoms with Crippen LogP contribution in [0.25, 0.3) is 16.7 Å². The maximum atomic E-state index is 5.25. The summed E-state index contributed by atoms with van der Waals surface area (Å²) in [6, 6.07) is 16.4. The van der Waals surface area contributed by atoms with Crippen LogP contribution in [0, 0.1) is 6.92 Å². The zero-order valence-electron chi connectivity index (χ0n) is 17.4. The number of aromatic nitrogens is 4. The Morgan fingerprint density at radius 2 is 1.86 bits per heavy atom. The number of methoxy groups -OCH3 is 1. The first kappa shape index (κ1) is 19.2. The summed E-state index contributed by atoms with van der Waals surface area (Å²) in [5.74, 6) is 1.90. The van der Waals surface area contributed by atoms with Crippen LogP contribution in [0.5, 0.6) is 5.75 Å². The Labute approximate surface area is 171 Å². The second-order valence-corrected chi connectivity index (χ2v) is 7.16. The molecule has 0 saturated heterocycles. The smallest absolute Gasteiger partial charge is 0.123 e. The van der Waals surface area contributed by atoms with Crippen molar-refractivity contribution in [3.05, 3.63) is 71.8 Å². The average molecular weight is 390 g/mol. The van der Waals surface area contributed by atoms with Gasteiger partial charge in [0.2, 0.25) is 0 Å². The van der Waals surface area contributed by atoms with Gasteiger partial charge in [-0.05, 0) is 57.2 Å². The molecule has 4 aromatic rings. The van der Waals surface area contributed by atoms with Gasteiger partial charge in [0, 0.05) is 23.8 Å². The molecule has 4 rings (SSSR count). The lowest BCUT2D eigenvalue weighted by Gasteiger charge is -2.15. The third-order valence-electron chi connectivity index (χ3n) is 5.45. The number of ether oxygens (including phenoxy) is 1. The molecule has 150 valence electrons. The minimum Gasteiger partial charge on any atom is -0.497 e. The number of para-hydroxylation sites is 2. The van der Waals surface area contributed by atoms with E-state index in [0.29, 0.717) is 6.54 Å². The fourth-order valence-electron chi connectivity index (χ4n) is 3.80. The van der Waals surface area contributed by atoms with E-state index in [4.69, 9.17) is 9.72 Å². The van der Waals surface area contributed by atoms with E-state index < -0.39 is 0 Å². The van der Waals surface area contributed by atoms with Crippen LogP contribution in [-0.4, -0.2) is 26.4 Å². The van der Waals surface area contributed by atoms with E-state index in [1.807, 2.05) is 41.2 Å². The summed E-state index contributed by atoms with van der Waals surface area (Å²) in [7, 11) is 1.67. The van der Waals surface area contributed by atoms with Crippen molar-refractivity contribution >= 4 is 11.0 Å². The topological polar surface area (TPSA) is 56.9 Å². The summed E-state index contributed by atoms with van der Waals surface area (Å²) in [6.45, 7) is 8.04. The SMILES string of the molecule is CCn1c(CN[C@H](C)c2cnn(-c3ccc(OC)cc3)c2C)nc2ccccc21. The molecule has 1 N–H and O–H groups in total. The molecule has 1 atom stereocenters. The zero-order valence-corrected chi connectivity index (χ0v) is 17.4. The molecular weight excluding hydrogens is 362 g/mol. The number of nitrogens with one attached hydrogen (secondary N) is 1. The van der Waals surface area contributed by atoms with E-state index in [1.165, 1.54) is 11.1 Å². The molecule has 0 aliphatic rings. The molecule has 2 aromatic carbocycles. The summed E-state index contributed by atoms with van der Waals surface area (Å²) in [5.41, 5.74) is 5.55. The quantitative estimate of drug-likeness (QED) is 0.509. The third-order valence-corrected chi connectivity index (χ3v) is 5.45. The van der Waals surface area contributed by atoms with Gasteiger partial charge in [0.05, 0.1) is 36.6 Å². The highest BCUT2D eigenvalue weighted by Gasteiger charge is 2.16. The lowest BCUT2D eigenvalue weighted by atomic mass is 10.1. The molecule has 0 saturated carbocycles. The molecule has 0 aliphatic heterocycles. The zero-order chi connectivity index (χ0) is 20.4. The van der Waals surface area contributed by atoms with Gasteiger partial charge in [-0.3, -0.25) is 0 Å². The predicted molar refractivity (Wildman–Crippen MR) is 116 cm³/mol. The molecule has 2 aromatic heterocycles. The Kier molecular flexibility index (Phi) is 5.36. The highest BCUT2D eigenvalue weighted by Crippen LogP contribution is 2.22. The molecule has 2 heterocycles. The summed E-state index contributed by atoms with van der Waals surface area (Å²) >= 11 is 0. The van der Waals surface area contributed by atoms with Crippen LogP contribution in [0.3, 0.4) is 0 Å². The number of imidazole rings is 1. The van der Waals surface area contributed by atoms with Gasteiger partial charge in [-0.15, -0.1) is 0 Å².